The maximum atomic E-state index is 12.7. The molecule has 4 rings (SSSR count). The third-order valence-electron chi connectivity index (χ3n) is 5.25. The molecule has 3 aromatic rings. The summed E-state index contributed by atoms with van der Waals surface area (Å²) in [5.41, 5.74) is 2.88. The molecule has 0 spiro atoms. The molecule has 0 atom stereocenters. The number of allylic oxidation sites excluding steroid dienone is 1. The van der Waals surface area contributed by atoms with Crippen LogP contribution in [0.25, 0.3) is 6.08 Å². The molecule has 5 heteroatoms. The summed E-state index contributed by atoms with van der Waals surface area (Å²) < 4.78 is 16.5. The van der Waals surface area contributed by atoms with Gasteiger partial charge in [0.25, 0.3) is 0 Å². The zero-order valence-electron chi connectivity index (χ0n) is 18.5. The summed E-state index contributed by atoms with van der Waals surface area (Å²) in [6, 6.07) is 19.6. The Kier molecular flexibility index (Phi) is 5.57. The maximum absolute atomic E-state index is 12.7. The Morgan fingerprint density at radius 3 is 2.38 bits per heavy atom. The molecular formula is C27H24O5. The van der Waals surface area contributed by atoms with Crippen LogP contribution in [0, 0.1) is 0 Å². The minimum atomic E-state index is -0.554. The molecule has 5 nitrogen and oxygen atoms in total. The molecule has 0 unspecified atom stereocenters. The Morgan fingerprint density at radius 1 is 0.969 bits per heavy atom. The van der Waals surface area contributed by atoms with E-state index in [0.717, 1.165) is 5.56 Å². The van der Waals surface area contributed by atoms with Crippen LogP contribution < -0.4 is 14.2 Å². The molecule has 0 amide bonds. The molecule has 3 aromatic carbocycles. The van der Waals surface area contributed by atoms with Crippen LogP contribution >= 0.6 is 0 Å². The van der Waals surface area contributed by atoms with Gasteiger partial charge in [-0.05, 0) is 46.9 Å². The van der Waals surface area contributed by atoms with Crippen molar-refractivity contribution in [2.24, 2.45) is 0 Å². The zero-order valence-corrected chi connectivity index (χ0v) is 18.5. The molecule has 0 aliphatic carbocycles. The SMILES string of the molecule is COc1ccccc1C(=O)Oc1ccc2c(c1)O/C(=C\c1ccc(C(C)(C)C)cc1)C2=O. The first-order chi connectivity index (χ1) is 15.3. The minimum Gasteiger partial charge on any atom is -0.496 e. The second kappa shape index (κ2) is 8.35. The average Bonchev–Trinajstić information content (AvgIpc) is 3.08. The van der Waals surface area contributed by atoms with Gasteiger partial charge in [0, 0.05) is 6.07 Å². The summed E-state index contributed by atoms with van der Waals surface area (Å²) in [5, 5.41) is 0. The van der Waals surface area contributed by atoms with Crippen LogP contribution in [-0.2, 0) is 5.41 Å². The van der Waals surface area contributed by atoms with Gasteiger partial charge in [-0.15, -0.1) is 0 Å². The largest absolute Gasteiger partial charge is 0.496 e. The topological polar surface area (TPSA) is 61.8 Å². The van der Waals surface area contributed by atoms with Crippen molar-refractivity contribution in [1.29, 1.82) is 0 Å². The number of hydrogen-bond acceptors (Lipinski definition) is 5. The van der Waals surface area contributed by atoms with E-state index < -0.39 is 5.97 Å². The molecule has 0 saturated heterocycles. The summed E-state index contributed by atoms with van der Waals surface area (Å²) in [6.07, 6.45) is 1.72. The summed E-state index contributed by atoms with van der Waals surface area (Å²) in [7, 11) is 1.49. The van der Waals surface area contributed by atoms with Crippen LogP contribution in [0.2, 0.25) is 0 Å². The number of benzene rings is 3. The highest BCUT2D eigenvalue weighted by Crippen LogP contribution is 2.35. The van der Waals surface area contributed by atoms with Gasteiger partial charge in [-0.3, -0.25) is 4.79 Å². The molecule has 0 radical (unpaired) electrons. The van der Waals surface area contributed by atoms with Crippen molar-refractivity contribution in [2.45, 2.75) is 26.2 Å². The van der Waals surface area contributed by atoms with E-state index in [0.29, 0.717) is 22.6 Å². The van der Waals surface area contributed by atoms with E-state index in [4.69, 9.17) is 14.2 Å². The Balaban J connectivity index is 1.53. The molecule has 32 heavy (non-hydrogen) atoms. The van der Waals surface area contributed by atoms with Gasteiger partial charge >= 0.3 is 5.97 Å². The fourth-order valence-corrected chi connectivity index (χ4v) is 3.44. The lowest BCUT2D eigenvalue weighted by Crippen LogP contribution is -2.10. The van der Waals surface area contributed by atoms with Crippen molar-refractivity contribution in [3.05, 3.63) is 94.7 Å². The Bertz CT molecular complexity index is 1210. The van der Waals surface area contributed by atoms with Gasteiger partial charge in [0.2, 0.25) is 5.78 Å². The van der Waals surface area contributed by atoms with Gasteiger partial charge in [-0.25, -0.2) is 4.79 Å². The Hall–Kier alpha value is -3.86. The maximum Gasteiger partial charge on any atom is 0.347 e. The molecule has 0 fully saturated rings. The molecule has 162 valence electrons. The van der Waals surface area contributed by atoms with Crippen molar-refractivity contribution in [1.82, 2.24) is 0 Å². The van der Waals surface area contributed by atoms with Crippen molar-refractivity contribution < 1.29 is 23.8 Å². The summed E-state index contributed by atoms with van der Waals surface area (Å²) in [4.78, 5) is 25.3. The van der Waals surface area contributed by atoms with E-state index in [1.165, 1.54) is 12.7 Å². The lowest BCUT2D eigenvalue weighted by atomic mass is 9.86. The van der Waals surface area contributed by atoms with E-state index in [-0.39, 0.29) is 22.7 Å². The number of rotatable bonds is 4. The van der Waals surface area contributed by atoms with Crippen LogP contribution in [0.15, 0.2) is 72.5 Å². The molecule has 1 aliphatic heterocycles. The molecule has 0 N–H and O–H groups in total. The van der Waals surface area contributed by atoms with E-state index >= 15 is 0 Å². The number of carbonyl (C=O) groups is 2. The van der Waals surface area contributed by atoms with E-state index in [1.807, 2.05) is 24.3 Å². The summed E-state index contributed by atoms with van der Waals surface area (Å²) in [5.74, 6) is 0.537. The van der Waals surface area contributed by atoms with Gasteiger partial charge in [-0.1, -0.05) is 57.2 Å². The normalized spacial score (nSPS) is 14.1. The van der Waals surface area contributed by atoms with Gasteiger partial charge in [0.05, 0.1) is 12.7 Å². The quantitative estimate of drug-likeness (QED) is 0.297. The molecule has 1 aliphatic rings. The first kappa shape index (κ1) is 21.4. The van der Waals surface area contributed by atoms with Crippen LogP contribution in [0.4, 0.5) is 0 Å². The highest BCUT2D eigenvalue weighted by Gasteiger charge is 2.28. The van der Waals surface area contributed by atoms with Gasteiger partial charge in [0.15, 0.2) is 5.76 Å². The number of Topliss-reactive ketones (excluding diaryl/α,β-unsaturated/α-hetero) is 1. The number of ether oxygens (including phenoxy) is 3. The highest BCUT2D eigenvalue weighted by molar-refractivity contribution is 6.14. The van der Waals surface area contributed by atoms with Gasteiger partial charge in [-0.2, -0.15) is 0 Å². The number of fused-ring (bicyclic) bond motifs is 1. The van der Waals surface area contributed by atoms with Crippen molar-refractivity contribution >= 4 is 17.8 Å². The lowest BCUT2D eigenvalue weighted by molar-refractivity contribution is 0.0731. The zero-order chi connectivity index (χ0) is 22.9. The Morgan fingerprint density at radius 2 is 1.69 bits per heavy atom. The average molecular weight is 428 g/mol. The van der Waals surface area contributed by atoms with E-state index in [2.05, 4.69) is 20.8 Å². The fraction of sp³-hybridized carbons (Fsp3) is 0.185. The van der Waals surface area contributed by atoms with Crippen molar-refractivity contribution in [3.63, 3.8) is 0 Å². The number of para-hydroxylation sites is 1. The van der Waals surface area contributed by atoms with Crippen molar-refractivity contribution in [2.75, 3.05) is 7.11 Å². The fourth-order valence-electron chi connectivity index (χ4n) is 3.44. The third-order valence-corrected chi connectivity index (χ3v) is 5.25. The highest BCUT2D eigenvalue weighted by atomic mass is 16.5. The van der Waals surface area contributed by atoms with Crippen LogP contribution in [-0.4, -0.2) is 18.9 Å². The van der Waals surface area contributed by atoms with Gasteiger partial charge < -0.3 is 14.2 Å². The number of hydrogen-bond donors (Lipinski definition) is 0. The molecule has 0 aromatic heterocycles. The first-order valence-electron chi connectivity index (χ1n) is 10.3. The predicted octanol–water partition coefficient (Wildman–Crippen LogP) is 5.83. The monoisotopic (exact) mass is 428 g/mol. The van der Waals surface area contributed by atoms with E-state index in [1.54, 1.807) is 48.5 Å². The number of methoxy groups -OCH3 is 1. The smallest absolute Gasteiger partial charge is 0.347 e. The minimum absolute atomic E-state index is 0.0548. The number of ketones is 1. The van der Waals surface area contributed by atoms with Gasteiger partial charge in [0.1, 0.15) is 22.8 Å². The third kappa shape index (κ3) is 4.28. The summed E-state index contributed by atoms with van der Waals surface area (Å²) in [6.45, 7) is 6.46. The van der Waals surface area contributed by atoms with Crippen LogP contribution in [0.5, 0.6) is 17.2 Å². The van der Waals surface area contributed by atoms with Crippen molar-refractivity contribution in [3.8, 4) is 17.2 Å². The number of carbonyl (C=O) groups excluding carboxylic acids is 2. The molecule has 1 heterocycles. The molecular weight excluding hydrogens is 404 g/mol. The van der Waals surface area contributed by atoms with Crippen LogP contribution in [0.3, 0.4) is 0 Å². The lowest BCUT2D eigenvalue weighted by Gasteiger charge is -2.18. The predicted molar refractivity (Wildman–Crippen MR) is 122 cm³/mol. The van der Waals surface area contributed by atoms with E-state index in [9.17, 15) is 9.59 Å². The summed E-state index contributed by atoms with van der Waals surface area (Å²) >= 11 is 0. The van der Waals surface area contributed by atoms with Crippen LogP contribution in [0.1, 0.15) is 52.6 Å². The standard InChI is InChI=1S/C27H24O5/c1-27(2,3)18-11-9-17(10-12-18)15-24-25(28)20-14-13-19(16-23(20)32-24)31-26(29)21-7-5-6-8-22(21)30-4/h5-16H,1-4H3/b24-15-. The second-order valence-corrected chi connectivity index (χ2v) is 8.56. The molecule has 0 bridgehead atoms. The molecule has 0 saturated carbocycles. The second-order valence-electron chi connectivity index (χ2n) is 8.56. The number of esters is 1. The Labute approximate surface area is 187 Å². The first-order valence-corrected chi connectivity index (χ1v) is 10.3.